The molecule has 1 aliphatic rings. The van der Waals surface area contributed by atoms with E-state index in [1.807, 2.05) is 18.2 Å². The third kappa shape index (κ3) is 2.54. The Bertz CT molecular complexity index is 211. The maximum Gasteiger partial charge on any atom is 0.120 e. The summed E-state index contributed by atoms with van der Waals surface area (Å²) in [6, 6.07) is 0. The van der Waals surface area contributed by atoms with E-state index >= 15 is 0 Å². The Kier molecular flexibility index (Phi) is 2.84. The van der Waals surface area contributed by atoms with Crippen LogP contribution >= 0.6 is 0 Å². The van der Waals surface area contributed by atoms with E-state index in [0.29, 0.717) is 12.3 Å². The van der Waals surface area contributed by atoms with Gasteiger partial charge in [0.25, 0.3) is 0 Å². The van der Waals surface area contributed by atoms with Gasteiger partial charge in [-0.05, 0) is 12.3 Å². The first-order valence-corrected chi connectivity index (χ1v) is 3.79. The summed E-state index contributed by atoms with van der Waals surface area (Å²) in [6.07, 6.45) is 10.5. The molecule has 58 valence electrons. The number of rotatable bonds is 2. The van der Waals surface area contributed by atoms with Gasteiger partial charge in [0.15, 0.2) is 0 Å². The highest BCUT2D eigenvalue weighted by atomic mass is 16.1. The zero-order valence-corrected chi connectivity index (χ0v) is 6.49. The van der Waals surface area contributed by atoms with Crippen molar-refractivity contribution in [2.75, 3.05) is 0 Å². The summed E-state index contributed by atoms with van der Waals surface area (Å²) in [5.41, 5.74) is 1.10. The van der Waals surface area contributed by atoms with Crippen LogP contribution in [0.1, 0.15) is 12.8 Å². The maximum atomic E-state index is 10.2. The Labute approximate surface area is 67.1 Å². The van der Waals surface area contributed by atoms with Crippen LogP contribution in [0.5, 0.6) is 0 Å². The molecule has 0 aromatic rings. The lowest BCUT2D eigenvalue weighted by Crippen LogP contribution is -1.96. The molecular formula is C10H12O. The number of carbonyl (C=O) groups is 1. The Morgan fingerprint density at radius 2 is 2.45 bits per heavy atom. The second-order valence-electron chi connectivity index (χ2n) is 2.77. The van der Waals surface area contributed by atoms with Gasteiger partial charge < -0.3 is 4.79 Å². The molecule has 1 nitrogen and oxygen atoms in total. The third-order valence-corrected chi connectivity index (χ3v) is 1.75. The van der Waals surface area contributed by atoms with Crippen LogP contribution in [0, 0.1) is 5.92 Å². The van der Waals surface area contributed by atoms with E-state index in [-0.39, 0.29) is 0 Å². The van der Waals surface area contributed by atoms with Crippen LogP contribution in [0.3, 0.4) is 0 Å². The summed E-state index contributed by atoms with van der Waals surface area (Å²) in [7, 11) is 0. The largest absolute Gasteiger partial charge is 0.303 e. The normalized spacial score (nSPS) is 23.3. The molecule has 0 aliphatic heterocycles. The number of hydrogen-bond acceptors (Lipinski definition) is 1. The lowest BCUT2D eigenvalue weighted by molar-refractivity contribution is -0.108. The average molecular weight is 148 g/mol. The summed E-state index contributed by atoms with van der Waals surface area (Å²) < 4.78 is 0. The molecule has 0 N–H and O–H groups in total. The predicted octanol–water partition coefficient (Wildman–Crippen LogP) is 2.26. The van der Waals surface area contributed by atoms with Gasteiger partial charge in [0.2, 0.25) is 0 Å². The van der Waals surface area contributed by atoms with Gasteiger partial charge in [0.05, 0.1) is 0 Å². The van der Waals surface area contributed by atoms with Gasteiger partial charge in [0, 0.05) is 6.42 Å². The topological polar surface area (TPSA) is 17.1 Å². The van der Waals surface area contributed by atoms with Gasteiger partial charge in [-0.25, -0.2) is 0 Å². The first-order chi connectivity index (χ1) is 5.33. The van der Waals surface area contributed by atoms with E-state index in [2.05, 4.69) is 12.7 Å². The lowest BCUT2D eigenvalue weighted by Gasteiger charge is -2.05. The van der Waals surface area contributed by atoms with Crippen LogP contribution in [-0.2, 0) is 4.79 Å². The first kappa shape index (κ1) is 7.99. The maximum absolute atomic E-state index is 10.2. The number of hydrogen-bond donors (Lipinski definition) is 0. The van der Waals surface area contributed by atoms with Crippen LogP contribution in [0.4, 0.5) is 0 Å². The van der Waals surface area contributed by atoms with E-state index in [1.54, 1.807) is 0 Å². The molecule has 0 bridgehead atoms. The van der Waals surface area contributed by atoms with Crippen LogP contribution in [-0.4, -0.2) is 6.29 Å². The third-order valence-electron chi connectivity index (χ3n) is 1.75. The summed E-state index contributed by atoms with van der Waals surface area (Å²) in [4.78, 5) is 10.2. The molecule has 0 fully saturated rings. The van der Waals surface area contributed by atoms with E-state index in [0.717, 1.165) is 18.3 Å². The predicted molar refractivity (Wildman–Crippen MR) is 46.2 cm³/mol. The average Bonchev–Trinajstić information content (AvgIpc) is 2.15. The van der Waals surface area contributed by atoms with Crippen molar-refractivity contribution in [2.24, 2.45) is 5.92 Å². The lowest BCUT2D eigenvalue weighted by atomic mass is 9.99. The van der Waals surface area contributed by atoms with Gasteiger partial charge in [-0.3, -0.25) is 0 Å². The molecule has 0 saturated carbocycles. The van der Waals surface area contributed by atoms with Crippen molar-refractivity contribution < 1.29 is 4.79 Å². The molecule has 0 spiro atoms. The SMILES string of the molecule is C=C1C=CC=CC(CC=O)C1. The Morgan fingerprint density at radius 3 is 3.18 bits per heavy atom. The molecule has 0 aromatic carbocycles. The molecule has 0 saturated heterocycles. The van der Waals surface area contributed by atoms with Crippen molar-refractivity contribution in [2.45, 2.75) is 12.8 Å². The first-order valence-electron chi connectivity index (χ1n) is 3.79. The zero-order valence-electron chi connectivity index (χ0n) is 6.49. The summed E-state index contributed by atoms with van der Waals surface area (Å²) in [5, 5.41) is 0. The summed E-state index contributed by atoms with van der Waals surface area (Å²) in [5.74, 6) is 0.356. The minimum Gasteiger partial charge on any atom is -0.303 e. The quantitative estimate of drug-likeness (QED) is 0.549. The molecular weight excluding hydrogens is 136 g/mol. The second kappa shape index (κ2) is 3.91. The highest BCUT2D eigenvalue weighted by molar-refractivity contribution is 5.50. The van der Waals surface area contributed by atoms with Crippen LogP contribution in [0.15, 0.2) is 36.5 Å². The fourth-order valence-corrected chi connectivity index (χ4v) is 1.17. The van der Waals surface area contributed by atoms with Crippen LogP contribution < -0.4 is 0 Å². The summed E-state index contributed by atoms with van der Waals surface area (Å²) >= 11 is 0. The van der Waals surface area contributed by atoms with Gasteiger partial charge in [0.1, 0.15) is 6.29 Å². The van der Waals surface area contributed by atoms with Crippen molar-refractivity contribution in [3.63, 3.8) is 0 Å². The minimum absolute atomic E-state index is 0.356. The van der Waals surface area contributed by atoms with Crippen LogP contribution in [0.25, 0.3) is 0 Å². The monoisotopic (exact) mass is 148 g/mol. The zero-order chi connectivity index (χ0) is 8.10. The fourth-order valence-electron chi connectivity index (χ4n) is 1.17. The van der Waals surface area contributed by atoms with E-state index in [1.165, 1.54) is 0 Å². The van der Waals surface area contributed by atoms with Crippen LogP contribution in [0.2, 0.25) is 0 Å². The van der Waals surface area contributed by atoms with E-state index in [9.17, 15) is 4.79 Å². The van der Waals surface area contributed by atoms with Gasteiger partial charge in [-0.15, -0.1) is 0 Å². The molecule has 0 heterocycles. The van der Waals surface area contributed by atoms with Crippen molar-refractivity contribution in [3.05, 3.63) is 36.5 Å². The second-order valence-corrected chi connectivity index (χ2v) is 2.77. The van der Waals surface area contributed by atoms with E-state index in [4.69, 9.17) is 0 Å². The number of allylic oxidation sites excluding steroid dienone is 5. The molecule has 1 heteroatoms. The smallest absolute Gasteiger partial charge is 0.120 e. The van der Waals surface area contributed by atoms with Gasteiger partial charge in [-0.1, -0.05) is 36.5 Å². The molecule has 1 rings (SSSR count). The highest BCUT2D eigenvalue weighted by Crippen LogP contribution is 2.18. The molecule has 0 radical (unpaired) electrons. The molecule has 1 unspecified atom stereocenters. The standard InChI is InChI=1S/C10H12O/c1-9-4-2-3-5-10(8-9)6-7-11/h2-5,7,10H,1,6,8H2. The van der Waals surface area contributed by atoms with Crippen molar-refractivity contribution in [3.8, 4) is 0 Å². The minimum atomic E-state index is 0.356. The number of aldehydes is 1. The highest BCUT2D eigenvalue weighted by Gasteiger charge is 2.05. The van der Waals surface area contributed by atoms with Gasteiger partial charge in [-0.2, -0.15) is 0 Å². The molecule has 0 aromatic heterocycles. The van der Waals surface area contributed by atoms with E-state index < -0.39 is 0 Å². The van der Waals surface area contributed by atoms with Gasteiger partial charge >= 0.3 is 0 Å². The van der Waals surface area contributed by atoms with Crippen molar-refractivity contribution in [1.29, 1.82) is 0 Å². The molecule has 11 heavy (non-hydrogen) atoms. The Hall–Kier alpha value is -1.11. The molecule has 1 atom stereocenters. The Morgan fingerprint density at radius 1 is 1.64 bits per heavy atom. The molecule has 0 amide bonds. The van der Waals surface area contributed by atoms with Crippen molar-refractivity contribution in [1.82, 2.24) is 0 Å². The summed E-state index contributed by atoms with van der Waals surface area (Å²) in [6.45, 7) is 3.86. The Balaban J connectivity index is 2.56. The fraction of sp³-hybridized carbons (Fsp3) is 0.300. The molecule has 1 aliphatic carbocycles. The number of carbonyl (C=O) groups excluding carboxylic acids is 1. The van der Waals surface area contributed by atoms with Crippen molar-refractivity contribution >= 4 is 6.29 Å².